The van der Waals surface area contributed by atoms with Gasteiger partial charge < -0.3 is 15.0 Å². The molecule has 1 aromatic heterocycles. The van der Waals surface area contributed by atoms with E-state index in [1.807, 2.05) is 0 Å². The summed E-state index contributed by atoms with van der Waals surface area (Å²) in [5.41, 5.74) is 0. The lowest BCUT2D eigenvalue weighted by Gasteiger charge is -2.21. The molecule has 0 saturated heterocycles. The molecule has 1 aliphatic rings. The van der Waals surface area contributed by atoms with E-state index in [-0.39, 0.29) is 0 Å². The average molecular weight is 237 g/mol. The predicted molar refractivity (Wildman–Crippen MR) is 66.6 cm³/mol. The van der Waals surface area contributed by atoms with Crippen LogP contribution in [0, 0.1) is 0 Å². The average Bonchev–Trinajstić information content (AvgIpc) is 3.19. The third kappa shape index (κ3) is 2.75. The molecular weight excluding hydrogens is 218 g/mol. The minimum atomic E-state index is 0.362. The van der Waals surface area contributed by atoms with Gasteiger partial charge in [0.15, 0.2) is 0 Å². The Morgan fingerprint density at radius 1 is 1.35 bits per heavy atom. The summed E-state index contributed by atoms with van der Waals surface area (Å²) < 4.78 is 5.10. The number of rotatable bonds is 6. The molecule has 17 heavy (non-hydrogen) atoms. The van der Waals surface area contributed by atoms with Gasteiger partial charge in [0.2, 0.25) is 11.9 Å². The lowest BCUT2D eigenvalue weighted by Crippen LogP contribution is -2.29. The Balaban J connectivity index is 2.27. The van der Waals surface area contributed by atoms with Crippen LogP contribution in [0.15, 0.2) is 0 Å². The molecule has 0 aromatic carbocycles. The smallest absolute Gasteiger partial charge is 0.322 e. The topological polar surface area (TPSA) is 63.2 Å². The van der Waals surface area contributed by atoms with Crippen LogP contribution in [0.2, 0.25) is 0 Å². The van der Waals surface area contributed by atoms with Crippen molar-refractivity contribution >= 4 is 11.9 Å². The molecule has 1 aliphatic carbocycles. The standard InChI is InChI=1S/C11H19N5O/c1-4-7-16(8-5-6-8)10-13-9(12-2)14-11(15-10)17-3/h8H,4-7H2,1-3H3,(H,12,13,14,15). The van der Waals surface area contributed by atoms with Crippen molar-refractivity contribution in [1.29, 1.82) is 0 Å². The highest BCUT2D eigenvalue weighted by molar-refractivity contribution is 5.40. The van der Waals surface area contributed by atoms with Crippen molar-refractivity contribution in [3.8, 4) is 6.01 Å². The molecule has 1 saturated carbocycles. The fraction of sp³-hybridized carbons (Fsp3) is 0.727. The first-order chi connectivity index (χ1) is 8.28. The van der Waals surface area contributed by atoms with Crippen LogP contribution in [-0.4, -0.2) is 41.7 Å². The summed E-state index contributed by atoms with van der Waals surface area (Å²) >= 11 is 0. The van der Waals surface area contributed by atoms with Crippen LogP contribution in [0.4, 0.5) is 11.9 Å². The number of anilines is 2. The monoisotopic (exact) mass is 237 g/mol. The Morgan fingerprint density at radius 3 is 2.65 bits per heavy atom. The van der Waals surface area contributed by atoms with Gasteiger partial charge >= 0.3 is 6.01 Å². The first-order valence-electron chi connectivity index (χ1n) is 6.03. The molecule has 0 atom stereocenters. The number of nitrogens with one attached hydrogen (secondary N) is 1. The fourth-order valence-electron chi connectivity index (χ4n) is 1.75. The van der Waals surface area contributed by atoms with Crippen LogP contribution < -0.4 is 15.0 Å². The first-order valence-corrected chi connectivity index (χ1v) is 6.03. The van der Waals surface area contributed by atoms with Gasteiger partial charge in [-0.25, -0.2) is 0 Å². The summed E-state index contributed by atoms with van der Waals surface area (Å²) in [6.07, 6.45) is 3.53. The van der Waals surface area contributed by atoms with Crippen molar-refractivity contribution in [2.45, 2.75) is 32.2 Å². The van der Waals surface area contributed by atoms with Crippen LogP contribution in [0.5, 0.6) is 6.01 Å². The maximum absolute atomic E-state index is 5.10. The molecule has 6 nitrogen and oxygen atoms in total. The summed E-state index contributed by atoms with van der Waals surface area (Å²) in [5, 5.41) is 2.93. The Labute approximate surface area is 101 Å². The maximum atomic E-state index is 5.10. The number of methoxy groups -OCH3 is 1. The molecule has 0 radical (unpaired) electrons. The first kappa shape index (κ1) is 11.9. The second kappa shape index (κ2) is 5.16. The van der Waals surface area contributed by atoms with Crippen LogP contribution in [-0.2, 0) is 0 Å². The summed E-state index contributed by atoms with van der Waals surface area (Å²) in [5.74, 6) is 1.26. The van der Waals surface area contributed by atoms with E-state index in [9.17, 15) is 0 Å². The Hall–Kier alpha value is -1.59. The predicted octanol–water partition coefficient (Wildman–Crippen LogP) is 1.30. The van der Waals surface area contributed by atoms with Gasteiger partial charge in [-0.3, -0.25) is 0 Å². The highest BCUT2D eigenvalue weighted by Gasteiger charge is 2.30. The van der Waals surface area contributed by atoms with Crippen molar-refractivity contribution in [3.63, 3.8) is 0 Å². The van der Waals surface area contributed by atoms with Gasteiger partial charge in [-0.1, -0.05) is 6.92 Å². The van der Waals surface area contributed by atoms with Gasteiger partial charge in [-0.05, 0) is 19.3 Å². The van der Waals surface area contributed by atoms with E-state index in [0.717, 1.165) is 13.0 Å². The summed E-state index contributed by atoms with van der Waals surface area (Å²) in [6.45, 7) is 3.13. The number of aromatic nitrogens is 3. The Kier molecular flexibility index (Phi) is 3.61. The molecule has 0 aliphatic heterocycles. The van der Waals surface area contributed by atoms with E-state index >= 15 is 0 Å². The van der Waals surface area contributed by atoms with Crippen molar-refractivity contribution in [1.82, 2.24) is 15.0 Å². The minimum Gasteiger partial charge on any atom is -0.467 e. The largest absolute Gasteiger partial charge is 0.467 e. The zero-order valence-electron chi connectivity index (χ0n) is 10.6. The van der Waals surface area contributed by atoms with Crippen LogP contribution in [0.25, 0.3) is 0 Å². The highest BCUT2D eigenvalue weighted by Crippen LogP contribution is 2.30. The molecule has 1 fully saturated rings. The van der Waals surface area contributed by atoms with E-state index in [2.05, 4.69) is 32.1 Å². The Morgan fingerprint density at radius 2 is 2.12 bits per heavy atom. The van der Waals surface area contributed by atoms with Gasteiger partial charge in [0.05, 0.1) is 7.11 Å². The molecule has 0 spiro atoms. The van der Waals surface area contributed by atoms with Crippen molar-refractivity contribution in [2.75, 3.05) is 30.9 Å². The molecule has 1 N–H and O–H groups in total. The molecule has 1 aromatic rings. The van der Waals surface area contributed by atoms with E-state index in [1.165, 1.54) is 12.8 Å². The summed E-state index contributed by atoms with van der Waals surface area (Å²) in [6, 6.07) is 0.952. The van der Waals surface area contributed by atoms with E-state index < -0.39 is 0 Å². The molecule has 0 unspecified atom stereocenters. The van der Waals surface area contributed by atoms with Gasteiger partial charge in [0.1, 0.15) is 0 Å². The van der Waals surface area contributed by atoms with Crippen LogP contribution in [0.1, 0.15) is 26.2 Å². The number of hydrogen-bond donors (Lipinski definition) is 1. The van der Waals surface area contributed by atoms with E-state index in [4.69, 9.17) is 4.74 Å². The highest BCUT2D eigenvalue weighted by atomic mass is 16.5. The normalized spacial score (nSPS) is 14.5. The lowest BCUT2D eigenvalue weighted by molar-refractivity contribution is 0.378. The van der Waals surface area contributed by atoms with Crippen molar-refractivity contribution in [2.24, 2.45) is 0 Å². The van der Waals surface area contributed by atoms with Gasteiger partial charge in [0.25, 0.3) is 0 Å². The molecule has 6 heteroatoms. The number of hydrogen-bond acceptors (Lipinski definition) is 6. The van der Waals surface area contributed by atoms with Crippen molar-refractivity contribution in [3.05, 3.63) is 0 Å². The molecule has 1 heterocycles. The molecule has 0 amide bonds. The fourth-order valence-corrected chi connectivity index (χ4v) is 1.75. The summed E-state index contributed by atoms with van der Waals surface area (Å²) in [4.78, 5) is 15.1. The molecule has 0 bridgehead atoms. The molecule has 2 rings (SSSR count). The van der Waals surface area contributed by atoms with Crippen molar-refractivity contribution < 1.29 is 4.74 Å². The third-order valence-corrected chi connectivity index (χ3v) is 2.72. The minimum absolute atomic E-state index is 0.362. The SMILES string of the molecule is CCCN(c1nc(NC)nc(OC)n1)C1CC1. The van der Waals surface area contributed by atoms with Gasteiger partial charge in [-0.2, -0.15) is 15.0 Å². The van der Waals surface area contributed by atoms with Crippen LogP contribution in [0.3, 0.4) is 0 Å². The lowest BCUT2D eigenvalue weighted by atomic mass is 10.4. The molecular formula is C11H19N5O. The second-order valence-corrected chi connectivity index (χ2v) is 4.12. The van der Waals surface area contributed by atoms with E-state index in [0.29, 0.717) is 23.9 Å². The van der Waals surface area contributed by atoms with Gasteiger partial charge in [-0.15, -0.1) is 0 Å². The zero-order chi connectivity index (χ0) is 12.3. The van der Waals surface area contributed by atoms with Crippen LogP contribution >= 0.6 is 0 Å². The van der Waals surface area contributed by atoms with Gasteiger partial charge in [0, 0.05) is 19.6 Å². The molecule has 94 valence electrons. The quantitative estimate of drug-likeness (QED) is 0.804. The maximum Gasteiger partial charge on any atom is 0.322 e. The zero-order valence-corrected chi connectivity index (χ0v) is 10.6. The summed E-state index contributed by atoms with van der Waals surface area (Å²) in [7, 11) is 3.36. The Bertz CT molecular complexity index is 358. The third-order valence-electron chi connectivity index (χ3n) is 2.72. The number of ether oxygens (including phenoxy) is 1. The number of nitrogens with zero attached hydrogens (tertiary/aromatic N) is 4. The van der Waals surface area contributed by atoms with E-state index in [1.54, 1.807) is 14.2 Å². The second-order valence-electron chi connectivity index (χ2n) is 4.12.